The van der Waals surface area contributed by atoms with Gasteiger partial charge in [0, 0.05) is 24.6 Å². The van der Waals surface area contributed by atoms with Crippen molar-refractivity contribution in [3.8, 4) is 11.5 Å². The number of aromatic nitrogens is 3. The molecule has 3 heterocycles. The molecule has 1 unspecified atom stereocenters. The van der Waals surface area contributed by atoms with Crippen molar-refractivity contribution in [3.63, 3.8) is 0 Å². The minimum atomic E-state index is -0.349. The number of carbonyl (C=O) groups excluding carboxylic acids is 1. The van der Waals surface area contributed by atoms with Crippen molar-refractivity contribution < 1.29 is 13.9 Å². The number of nitrogens with zero attached hydrogens (tertiary/aromatic N) is 3. The maximum Gasteiger partial charge on any atom is 0.249 e. The van der Waals surface area contributed by atoms with Crippen LogP contribution in [0.4, 0.5) is 0 Å². The van der Waals surface area contributed by atoms with Gasteiger partial charge in [-0.2, -0.15) is 0 Å². The number of carbonyl (C=O) groups is 1. The van der Waals surface area contributed by atoms with Gasteiger partial charge in [0.05, 0.1) is 6.54 Å². The standard InChI is InChI=1S/C13H14N4O3/c18-12(10-2-1-7-19-10)15-8-11-16-17-13(20-11)9-3-5-14-6-4-9/h3-6,10H,1-2,7-8H2,(H,15,18). The average Bonchev–Trinajstić information content (AvgIpc) is 3.17. The van der Waals surface area contributed by atoms with Crippen LogP contribution in [0.5, 0.6) is 0 Å². The van der Waals surface area contributed by atoms with E-state index >= 15 is 0 Å². The molecular weight excluding hydrogens is 260 g/mol. The van der Waals surface area contributed by atoms with Gasteiger partial charge in [-0.05, 0) is 25.0 Å². The number of ether oxygens (including phenoxy) is 1. The van der Waals surface area contributed by atoms with Crippen LogP contribution in [0.3, 0.4) is 0 Å². The zero-order valence-corrected chi connectivity index (χ0v) is 10.8. The second-order valence-electron chi connectivity index (χ2n) is 4.46. The molecule has 1 amide bonds. The van der Waals surface area contributed by atoms with E-state index in [-0.39, 0.29) is 18.6 Å². The topological polar surface area (TPSA) is 90.1 Å². The van der Waals surface area contributed by atoms with Crippen molar-refractivity contribution in [2.75, 3.05) is 6.61 Å². The first kappa shape index (κ1) is 12.7. The van der Waals surface area contributed by atoms with Crippen LogP contribution in [0.2, 0.25) is 0 Å². The zero-order chi connectivity index (χ0) is 13.8. The first-order valence-corrected chi connectivity index (χ1v) is 6.45. The van der Waals surface area contributed by atoms with Crippen LogP contribution in [-0.4, -0.2) is 33.8 Å². The van der Waals surface area contributed by atoms with Crippen LogP contribution in [-0.2, 0) is 16.1 Å². The van der Waals surface area contributed by atoms with Crippen LogP contribution < -0.4 is 5.32 Å². The van der Waals surface area contributed by atoms with Crippen molar-refractivity contribution in [2.45, 2.75) is 25.5 Å². The van der Waals surface area contributed by atoms with Gasteiger partial charge >= 0.3 is 0 Å². The zero-order valence-electron chi connectivity index (χ0n) is 10.8. The van der Waals surface area contributed by atoms with E-state index < -0.39 is 0 Å². The van der Waals surface area contributed by atoms with E-state index in [0.29, 0.717) is 18.4 Å². The lowest BCUT2D eigenvalue weighted by atomic mass is 10.2. The molecule has 0 radical (unpaired) electrons. The molecule has 1 aliphatic heterocycles. The third-order valence-corrected chi connectivity index (χ3v) is 3.03. The highest BCUT2D eigenvalue weighted by Crippen LogP contribution is 2.16. The van der Waals surface area contributed by atoms with Crippen LogP contribution in [0.1, 0.15) is 18.7 Å². The van der Waals surface area contributed by atoms with Crippen molar-refractivity contribution in [1.82, 2.24) is 20.5 Å². The molecule has 1 saturated heterocycles. The summed E-state index contributed by atoms with van der Waals surface area (Å²) in [7, 11) is 0. The summed E-state index contributed by atoms with van der Waals surface area (Å²) in [4.78, 5) is 15.7. The average molecular weight is 274 g/mol. The fraction of sp³-hybridized carbons (Fsp3) is 0.385. The van der Waals surface area contributed by atoms with Crippen molar-refractivity contribution in [1.29, 1.82) is 0 Å². The number of amides is 1. The highest BCUT2D eigenvalue weighted by atomic mass is 16.5. The van der Waals surface area contributed by atoms with Gasteiger partial charge in [-0.25, -0.2) is 0 Å². The van der Waals surface area contributed by atoms with E-state index in [1.807, 2.05) is 0 Å². The fourth-order valence-corrected chi connectivity index (χ4v) is 2.00. The maximum atomic E-state index is 11.8. The number of pyridine rings is 1. The molecule has 0 spiro atoms. The summed E-state index contributed by atoms with van der Waals surface area (Å²) >= 11 is 0. The molecule has 20 heavy (non-hydrogen) atoms. The van der Waals surface area contributed by atoms with Crippen LogP contribution in [0, 0.1) is 0 Å². The summed E-state index contributed by atoms with van der Waals surface area (Å²) in [5, 5.41) is 10.6. The number of rotatable bonds is 4. The molecule has 0 aliphatic carbocycles. The summed E-state index contributed by atoms with van der Waals surface area (Å²) in [5.74, 6) is 0.642. The minimum absolute atomic E-state index is 0.133. The van der Waals surface area contributed by atoms with Crippen LogP contribution in [0.25, 0.3) is 11.5 Å². The van der Waals surface area contributed by atoms with Gasteiger partial charge in [0.15, 0.2) is 0 Å². The van der Waals surface area contributed by atoms with E-state index in [1.165, 1.54) is 0 Å². The van der Waals surface area contributed by atoms with Gasteiger partial charge in [-0.3, -0.25) is 9.78 Å². The highest BCUT2D eigenvalue weighted by molar-refractivity contribution is 5.80. The summed E-state index contributed by atoms with van der Waals surface area (Å²) in [6.45, 7) is 0.849. The molecule has 7 heteroatoms. The lowest BCUT2D eigenvalue weighted by Crippen LogP contribution is -2.33. The van der Waals surface area contributed by atoms with Crippen LogP contribution >= 0.6 is 0 Å². The molecule has 104 valence electrons. The Bertz CT molecular complexity index is 578. The molecule has 3 rings (SSSR count). The molecule has 0 saturated carbocycles. The molecule has 2 aromatic rings. The summed E-state index contributed by atoms with van der Waals surface area (Å²) < 4.78 is 10.8. The lowest BCUT2D eigenvalue weighted by Gasteiger charge is -2.08. The van der Waals surface area contributed by atoms with E-state index in [4.69, 9.17) is 9.15 Å². The summed E-state index contributed by atoms with van der Waals surface area (Å²) in [6, 6.07) is 3.56. The Labute approximate surface area is 115 Å². The van der Waals surface area contributed by atoms with Crippen molar-refractivity contribution in [2.24, 2.45) is 0 Å². The Hall–Kier alpha value is -2.28. The second kappa shape index (κ2) is 5.79. The SMILES string of the molecule is O=C(NCc1nnc(-c2ccncc2)o1)C1CCCO1. The number of nitrogens with one attached hydrogen (secondary N) is 1. The Morgan fingerprint density at radius 3 is 2.95 bits per heavy atom. The molecule has 0 bridgehead atoms. The molecule has 7 nitrogen and oxygen atoms in total. The molecule has 1 N–H and O–H groups in total. The molecule has 0 aromatic carbocycles. The van der Waals surface area contributed by atoms with Gasteiger partial charge in [-0.1, -0.05) is 0 Å². The maximum absolute atomic E-state index is 11.8. The second-order valence-corrected chi connectivity index (χ2v) is 4.46. The van der Waals surface area contributed by atoms with Gasteiger partial charge in [-0.15, -0.1) is 10.2 Å². The third-order valence-electron chi connectivity index (χ3n) is 3.03. The summed E-state index contributed by atoms with van der Waals surface area (Å²) in [6.07, 6.45) is 4.64. The number of hydrogen-bond donors (Lipinski definition) is 1. The minimum Gasteiger partial charge on any atom is -0.419 e. The fourth-order valence-electron chi connectivity index (χ4n) is 2.00. The lowest BCUT2D eigenvalue weighted by molar-refractivity contribution is -0.130. The third kappa shape index (κ3) is 2.83. The molecule has 1 atom stereocenters. The molecule has 2 aromatic heterocycles. The molecule has 1 fully saturated rings. The van der Waals surface area contributed by atoms with Gasteiger partial charge in [0.25, 0.3) is 0 Å². The Morgan fingerprint density at radius 2 is 2.20 bits per heavy atom. The largest absolute Gasteiger partial charge is 0.419 e. The van der Waals surface area contributed by atoms with Crippen LogP contribution in [0.15, 0.2) is 28.9 Å². The first-order chi connectivity index (χ1) is 9.83. The Kier molecular flexibility index (Phi) is 3.69. The van der Waals surface area contributed by atoms with Gasteiger partial charge < -0.3 is 14.5 Å². The van der Waals surface area contributed by atoms with Gasteiger partial charge in [0.2, 0.25) is 17.7 Å². The smallest absolute Gasteiger partial charge is 0.249 e. The van der Waals surface area contributed by atoms with E-state index in [0.717, 1.165) is 18.4 Å². The quantitative estimate of drug-likeness (QED) is 0.891. The predicted octanol–water partition coefficient (Wildman–Crippen LogP) is 0.927. The van der Waals surface area contributed by atoms with Crippen molar-refractivity contribution >= 4 is 5.91 Å². The molecular formula is C13H14N4O3. The van der Waals surface area contributed by atoms with Crippen molar-refractivity contribution in [3.05, 3.63) is 30.4 Å². The molecule has 1 aliphatic rings. The van der Waals surface area contributed by atoms with E-state index in [9.17, 15) is 4.79 Å². The first-order valence-electron chi connectivity index (χ1n) is 6.45. The normalized spacial score (nSPS) is 18.1. The van der Waals surface area contributed by atoms with E-state index in [2.05, 4.69) is 20.5 Å². The van der Waals surface area contributed by atoms with E-state index in [1.54, 1.807) is 24.5 Å². The summed E-state index contributed by atoms with van der Waals surface area (Å²) in [5.41, 5.74) is 0.796. The Balaban J connectivity index is 1.59. The predicted molar refractivity (Wildman–Crippen MR) is 68.3 cm³/mol. The number of hydrogen-bond acceptors (Lipinski definition) is 6. The Morgan fingerprint density at radius 1 is 1.35 bits per heavy atom. The highest BCUT2D eigenvalue weighted by Gasteiger charge is 2.23. The monoisotopic (exact) mass is 274 g/mol. The van der Waals surface area contributed by atoms with Gasteiger partial charge in [0.1, 0.15) is 6.10 Å².